The van der Waals surface area contributed by atoms with Crippen molar-refractivity contribution in [1.82, 2.24) is 9.88 Å². The van der Waals surface area contributed by atoms with E-state index in [2.05, 4.69) is 11.1 Å². The summed E-state index contributed by atoms with van der Waals surface area (Å²) >= 11 is 1.67. The summed E-state index contributed by atoms with van der Waals surface area (Å²) in [7, 11) is 0. The molecule has 3 aromatic rings. The van der Waals surface area contributed by atoms with E-state index < -0.39 is 0 Å². The van der Waals surface area contributed by atoms with Crippen molar-refractivity contribution in [3.8, 4) is 11.5 Å². The van der Waals surface area contributed by atoms with E-state index in [1.807, 2.05) is 53.6 Å². The predicted octanol–water partition coefficient (Wildman–Crippen LogP) is 4.46. The van der Waals surface area contributed by atoms with Crippen LogP contribution in [0.15, 0.2) is 52.3 Å². The Morgan fingerprint density at radius 2 is 2.11 bits per heavy atom. The summed E-state index contributed by atoms with van der Waals surface area (Å²) in [4.78, 5) is 20.8. The summed E-state index contributed by atoms with van der Waals surface area (Å²) in [6.07, 6.45) is 2.44. The van der Waals surface area contributed by atoms with Gasteiger partial charge in [-0.2, -0.15) is 0 Å². The number of rotatable bonds is 7. The number of benzene rings is 1. The predicted molar refractivity (Wildman–Crippen MR) is 109 cm³/mol. The van der Waals surface area contributed by atoms with Gasteiger partial charge in [-0.15, -0.1) is 11.3 Å². The third-order valence-electron chi connectivity index (χ3n) is 4.96. The van der Waals surface area contributed by atoms with Crippen molar-refractivity contribution >= 4 is 17.2 Å². The fourth-order valence-electron chi connectivity index (χ4n) is 3.43. The van der Waals surface area contributed by atoms with Crippen LogP contribution >= 0.6 is 11.3 Å². The molecule has 0 bridgehead atoms. The second kappa shape index (κ2) is 8.71. The Balaban J connectivity index is 1.49. The van der Waals surface area contributed by atoms with E-state index in [0.717, 1.165) is 25.0 Å². The number of thiophene rings is 1. The summed E-state index contributed by atoms with van der Waals surface area (Å²) in [6, 6.07) is 13.8. The molecule has 0 saturated carbocycles. The molecule has 6 heteroatoms. The standard InChI is InChI=1S/C22H24N2O3S/c1-16-20(23-22(27-16)17-7-3-2-4-8-17)13-21(25)24(14-18-9-5-11-26-18)15-19-10-6-12-28-19/h2-4,6-8,10,12,18H,5,9,11,13-15H2,1H3. The number of hydrogen-bond acceptors (Lipinski definition) is 5. The summed E-state index contributed by atoms with van der Waals surface area (Å²) in [6.45, 7) is 3.89. The lowest BCUT2D eigenvalue weighted by molar-refractivity contribution is -0.132. The van der Waals surface area contributed by atoms with E-state index in [-0.39, 0.29) is 18.4 Å². The molecule has 1 fully saturated rings. The van der Waals surface area contributed by atoms with Crippen LogP contribution in [-0.4, -0.2) is 35.0 Å². The van der Waals surface area contributed by atoms with Crippen molar-refractivity contribution in [1.29, 1.82) is 0 Å². The normalized spacial score (nSPS) is 16.4. The van der Waals surface area contributed by atoms with Gasteiger partial charge in [0.2, 0.25) is 11.8 Å². The molecule has 3 heterocycles. The van der Waals surface area contributed by atoms with Crippen LogP contribution in [0, 0.1) is 6.92 Å². The van der Waals surface area contributed by atoms with Gasteiger partial charge in [0.15, 0.2) is 0 Å². The van der Waals surface area contributed by atoms with Crippen molar-refractivity contribution < 1.29 is 13.9 Å². The lowest BCUT2D eigenvalue weighted by atomic mass is 10.2. The highest BCUT2D eigenvalue weighted by molar-refractivity contribution is 7.09. The number of aromatic nitrogens is 1. The van der Waals surface area contributed by atoms with Crippen LogP contribution in [0.3, 0.4) is 0 Å². The Bertz CT molecular complexity index is 899. The fourth-order valence-corrected chi connectivity index (χ4v) is 4.15. The monoisotopic (exact) mass is 396 g/mol. The van der Waals surface area contributed by atoms with Crippen molar-refractivity contribution in [2.75, 3.05) is 13.2 Å². The van der Waals surface area contributed by atoms with Gasteiger partial charge in [0.25, 0.3) is 0 Å². The minimum atomic E-state index is 0.0555. The quantitative estimate of drug-likeness (QED) is 0.592. The van der Waals surface area contributed by atoms with Crippen LogP contribution in [0.2, 0.25) is 0 Å². The van der Waals surface area contributed by atoms with Gasteiger partial charge in [0.05, 0.1) is 24.8 Å². The molecule has 0 radical (unpaired) electrons. The van der Waals surface area contributed by atoms with Crippen LogP contribution in [0.4, 0.5) is 0 Å². The number of carbonyl (C=O) groups is 1. The van der Waals surface area contributed by atoms with Gasteiger partial charge >= 0.3 is 0 Å². The number of aryl methyl sites for hydroxylation is 1. The molecule has 1 aromatic carbocycles. The molecule has 0 aliphatic carbocycles. The van der Waals surface area contributed by atoms with Crippen molar-refractivity contribution in [3.05, 3.63) is 64.2 Å². The Labute approximate surface area is 169 Å². The Morgan fingerprint density at radius 1 is 1.25 bits per heavy atom. The summed E-state index contributed by atoms with van der Waals surface area (Å²) in [5.74, 6) is 1.31. The molecule has 4 rings (SSSR count). The van der Waals surface area contributed by atoms with E-state index in [4.69, 9.17) is 9.15 Å². The van der Waals surface area contributed by atoms with E-state index >= 15 is 0 Å². The summed E-state index contributed by atoms with van der Waals surface area (Å²) in [5.41, 5.74) is 1.62. The van der Waals surface area contributed by atoms with Crippen LogP contribution in [0.25, 0.3) is 11.5 Å². The zero-order valence-corrected chi connectivity index (χ0v) is 16.8. The first-order valence-electron chi connectivity index (χ1n) is 9.62. The average Bonchev–Trinajstić information content (AvgIpc) is 3.46. The van der Waals surface area contributed by atoms with Gasteiger partial charge < -0.3 is 14.1 Å². The molecule has 146 valence electrons. The molecule has 1 aliphatic heterocycles. The van der Waals surface area contributed by atoms with Crippen LogP contribution in [0.5, 0.6) is 0 Å². The number of amides is 1. The number of nitrogens with zero attached hydrogens (tertiary/aromatic N) is 2. The molecule has 0 N–H and O–H groups in total. The lowest BCUT2D eigenvalue weighted by Gasteiger charge is -2.25. The van der Waals surface area contributed by atoms with E-state index in [1.165, 1.54) is 4.88 Å². The number of oxazole rings is 1. The first kappa shape index (κ1) is 18.9. The minimum Gasteiger partial charge on any atom is -0.441 e. The molecule has 0 spiro atoms. The maximum absolute atomic E-state index is 13.1. The highest BCUT2D eigenvalue weighted by Crippen LogP contribution is 2.23. The first-order valence-corrected chi connectivity index (χ1v) is 10.5. The molecule has 1 amide bonds. The molecular weight excluding hydrogens is 372 g/mol. The van der Waals surface area contributed by atoms with Gasteiger partial charge in [0, 0.05) is 23.6 Å². The first-order chi connectivity index (χ1) is 13.7. The fraction of sp³-hybridized carbons (Fsp3) is 0.364. The summed E-state index contributed by atoms with van der Waals surface area (Å²) < 4.78 is 11.6. The Hall–Kier alpha value is -2.44. The molecule has 1 unspecified atom stereocenters. The molecule has 1 aliphatic rings. The van der Waals surface area contributed by atoms with E-state index in [9.17, 15) is 4.79 Å². The average molecular weight is 397 g/mol. The zero-order valence-electron chi connectivity index (χ0n) is 16.0. The van der Waals surface area contributed by atoms with Crippen molar-refractivity contribution in [2.45, 2.75) is 38.8 Å². The van der Waals surface area contributed by atoms with Crippen molar-refractivity contribution in [2.24, 2.45) is 0 Å². The molecule has 5 nitrogen and oxygen atoms in total. The van der Waals surface area contributed by atoms with Crippen LogP contribution in [0.1, 0.15) is 29.2 Å². The van der Waals surface area contributed by atoms with Crippen LogP contribution in [-0.2, 0) is 22.5 Å². The molecule has 28 heavy (non-hydrogen) atoms. The van der Waals surface area contributed by atoms with Gasteiger partial charge in [-0.1, -0.05) is 24.3 Å². The lowest BCUT2D eigenvalue weighted by Crippen LogP contribution is -2.37. The van der Waals surface area contributed by atoms with Gasteiger partial charge in [-0.3, -0.25) is 4.79 Å². The Morgan fingerprint density at radius 3 is 2.82 bits per heavy atom. The van der Waals surface area contributed by atoms with Crippen LogP contribution < -0.4 is 0 Å². The maximum Gasteiger partial charge on any atom is 0.229 e. The second-order valence-electron chi connectivity index (χ2n) is 7.05. The second-order valence-corrected chi connectivity index (χ2v) is 8.09. The summed E-state index contributed by atoms with van der Waals surface area (Å²) in [5, 5.41) is 2.04. The SMILES string of the molecule is Cc1oc(-c2ccccc2)nc1CC(=O)N(Cc1cccs1)CC1CCCO1. The molecule has 2 aromatic heterocycles. The molecule has 1 atom stereocenters. The number of ether oxygens (including phenoxy) is 1. The van der Waals surface area contributed by atoms with E-state index in [1.54, 1.807) is 11.3 Å². The van der Waals surface area contributed by atoms with Gasteiger partial charge in [0.1, 0.15) is 5.76 Å². The maximum atomic E-state index is 13.1. The third kappa shape index (κ3) is 4.51. The molecular formula is C22H24N2O3S. The zero-order chi connectivity index (χ0) is 19.3. The third-order valence-corrected chi connectivity index (χ3v) is 5.82. The topological polar surface area (TPSA) is 55.6 Å². The van der Waals surface area contributed by atoms with Crippen molar-refractivity contribution in [3.63, 3.8) is 0 Å². The smallest absolute Gasteiger partial charge is 0.229 e. The largest absolute Gasteiger partial charge is 0.441 e. The van der Waals surface area contributed by atoms with Gasteiger partial charge in [-0.05, 0) is 43.3 Å². The molecule has 1 saturated heterocycles. The minimum absolute atomic E-state index is 0.0555. The Kier molecular flexibility index (Phi) is 5.88. The number of carbonyl (C=O) groups excluding carboxylic acids is 1. The number of hydrogen-bond donors (Lipinski definition) is 0. The highest BCUT2D eigenvalue weighted by Gasteiger charge is 2.25. The van der Waals surface area contributed by atoms with Gasteiger partial charge in [-0.25, -0.2) is 4.98 Å². The van der Waals surface area contributed by atoms with E-state index in [0.29, 0.717) is 30.4 Å². The highest BCUT2D eigenvalue weighted by atomic mass is 32.1.